The summed E-state index contributed by atoms with van der Waals surface area (Å²) in [5.74, 6) is -0.910. The monoisotopic (exact) mass is 369 g/mol. The molecule has 1 unspecified atom stereocenters. The van der Waals surface area contributed by atoms with Gasteiger partial charge in [-0.2, -0.15) is 13.2 Å². The summed E-state index contributed by atoms with van der Waals surface area (Å²) in [5.41, 5.74) is -2.99. The first-order valence-electron chi connectivity index (χ1n) is 7.37. The number of halogens is 3. The number of nitrogens with zero attached hydrogens (tertiary/aromatic N) is 2. The standard InChI is InChI=1S/C16H14F3N3O4/c1-9-7-8-13(22(25)26)15(24)21(9)10(2)14(23)20-12-6-4-3-5-11(12)16(17,18)19/h3-8,10H,1-2H3,(H,20,23). The molecule has 0 aliphatic carbocycles. The highest BCUT2D eigenvalue weighted by Gasteiger charge is 2.34. The Kier molecular flexibility index (Phi) is 5.15. The summed E-state index contributed by atoms with van der Waals surface area (Å²) < 4.78 is 39.9. The first kappa shape index (κ1) is 19.2. The first-order chi connectivity index (χ1) is 12.0. The average Bonchev–Trinajstić information content (AvgIpc) is 2.53. The number of amides is 1. The van der Waals surface area contributed by atoms with Gasteiger partial charge in [0.05, 0.1) is 16.2 Å². The molecule has 1 aromatic carbocycles. The summed E-state index contributed by atoms with van der Waals surface area (Å²) in [6, 6.07) is 5.42. The smallest absolute Gasteiger partial charge is 0.324 e. The summed E-state index contributed by atoms with van der Waals surface area (Å²) in [6.45, 7) is 2.72. The number of rotatable bonds is 4. The number of para-hydroxylation sites is 1. The molecule has 1 heterocycles. The Balaban J connectivity index is 2.40. The second kappa shape index (κ2) is 6.98. The van der Waals surface area contributed by atoms with E-state index < -0.39 is 45.5 Å². The molecule has 10 heteroatoms. The highest BCUT2D eigenvalue weighted by molar-refractivity contribution is 5.94. The van der Waals surface area contributed by atoms with Crippen LogP contribution in [-0.4, -0.2) is 15.4 Å². The number of carbonyl (C=O) groups excluding carboxylic acids is 1. The maximum atomic E-state index is 13.0. The summed E-state index contributed by atoms with van der Waals surface area (Å²) in [7, 11) is 0. The Labute approximate surface area is 145 Å². The van der Waals surface area contributed by atoms with Crippen LogP contribution < -0.4 is 10.9 Å². The third-order valence-electron chi connectivity index (χ3n) is 3.75. The predicted octanol–water partition coefficient (Wildman–Crippen LogP) is 3.28. The van der Waals surface area contributed by atoms with Crippen LogP contribution in [0.3, 0.4) is 0 Å². The lowest BCUT2D eigenvalue weighted by molar-refractivity contribution is -0.386. The number of benzene rings is 1. The van der Waals surface area contributed by atoms with Crippen LogP contribution in [0.15, 0.2) is 41.2 Å². The molecule has 26 heavy (non-hydrogen) atoms. The van der Waals surface area contributed by atoms with E-state index in [0.717, 1.165) is 22.8 Å². The Morgan fingerprint density at radius 1 is 1.23 bits per heavy atom. The van der Waals surface area contributed by atoms with Gasteiger partial charge in [0.1, 0.15) is 6.04 Å². The number of pyridine rings is 1. The lowest BCUT2D eigenvalue weighted by atomic mass is 10.1. The molecule has 2 rings (SSSR count). The molecule has 0 fully saturated rings. The summed E-state index contributed by atoms with van der Waals surface area (Å²) in [5, 5.41) is 13.0. The number of carbonyl (C=O) groups is 1. The van der Waals surface area contributed by atoms with Crippen molar-refractivity contribution >= 4 is 17.3 Å². The number of aryl methyl sites for hydroxylation is 1. The molecule has 0 radical (unpaired) electrons. The fourth-order valence-electron chi connectivity index (χ4n) is 2.45. The van der Waals surface area contributed by atoms with Gasteiger partial charge in [0.25, 0.3) is 0 Å². The van der Waals surface area contributed by atoms with Crippen molar-refractivity contribution in [1.82, 2.24) is 4.57 Å². The van der Waals surface area contributed by atoms with Gasteiger partial charge in [-0.1, -0.05) is 12.1 Å². The van der Waals surface area contributed by atoms with E-state index in [0.29, 0.717) is 0 Å². The highest BCUT2D eigenvalue weighted by atomic mass is 19.4. The molecule has 1 atom stereocenters. The van der Waals surface area contributed by atoms with E-state index in [9.17, 15) is 32.9 Å². The lowest BCUT2D eigenvalue weighted by Crippen LogP contribution is -2.34. The van der Waals surface area contributed by atoms with Crippen molar-refractivity contribution in [2.24, 2.45) is 0 Å². The Morgan fingerprint density at radius 3 is 2.42 bits per heavy atom. The van der Waals surface area contributed by atoms with Gasteiger partial charge < -0.3 is 5.32 Å². The van der Waals surface area contributed by atoms with Crippen LogP contribution in [0.5, 0.6) is 0 Å². The van der Waals surface area contributed by atoms with Gasteiger partial charge in [0, 0.05) is 11.8 Å². The third-order valence-corrected chi connectivity index (χ3v) is 3.75. The molecule has 0 saturated carbocycles. The third kappa shape index (κ3) is 3.73. The molecule has 0 aliphatic heterocycles. The van der Waals surface area contributed by atoms with E-state index in [1.54, 1.807) is 0 Å². The molecule has 1 N–H and O–H groups in total. The van der Waals surface area contributed by atoms with Crippen molar-refractivity contribution in [1.29, 1.82) is 0 Å². The Bertz CT molecular complexity index is 922. The zero-order chi connectivity index (χ0) is 19.6. The molecular formula is C16H14F3N3O4. The summed E-state index contributed by atoms with van der Waals surface area (Å²) in [4.78, 5) is 34.6. The topological polar surface area (TPSA) is 94.2 Å². The summed E-state index contributed by atoms with van der Waals surface area (Å²) in [6.07, 6.45) is -4.68. The minimum Gasteiger partial charge on any atom is -0.324 e. The van der Waals surface area contributed by atoms with Crippen molar-refractivity contribution in [3.05, 3.63) is 68.1 Å². The number of nitrogens with one attached hydrogen (secondary N) is 1. The quantitative estimate of drug-likeness (QED) is 0.661. The summed E-state index contributed by atoms with van der Waals surface area (Å²) >= 11 is 0. The van der Waals surface area contributed by atoms with E-state index in [2.05, 4.69) is 5.32 Å². The molecule has 2 aromatic rings. The van der Waals surface area contributed by atoms with E-state index in [4.69, 9.17) is 0 Å². The van der Waals surface area contributed by atoms with Gasteiger partial charge in [0.2, 0.25) is 5.91 Å². The SMILES string of the molecule is Cc1ccc([N+](=O)[O-])c(=O)n1C(C)C(=O)Nc1ccccc1C(F)(F)F. The molecule has 138 valence electrons. The van der Waals surface area contributed by atoms with E-state index in [1.807, 2.05) is 0 Å². The van der Waals surface area contributed by atoms with Crippen LogP contribution in [0.25, 0.3) is 0 Å². The largest absolute Gasteiger partial charge is 0.418 e. The molecule has 0 bridgehead atoms. The lowest BCUT2D eigenvalue weighted by Gasteiger charge is -2.19. The highest BCUT2D eigenvalue weighted by Crippen LogP contribution is 2.34. The van der Waals surface area contributed by atoms with Gasteiger partial charge in [-0.3, -0.25) is 24.3 Å². The van der Waals surface area contributed by atoms with Crippen molar-refractivity contribution in [3.8, 4) is 0 Å². The zero-order valence-electron chi connectivity index (χ0n) is 13.7. The van der Waals surface area contributed by atoms with Gasteiger partial charge in [-0.25, -0.2) is 0 Å². The molecule has 0 aliphatic rings. The van der Waals surface area contributed by atoms with E-state index in [1.165, 1.54) is 32.0 Å². The van der Waals surface area contributed by atoms with Gasteiger partial charge in [-0.15, -0.1) is 0 Å². The number of hydrogen-bond acceptors (Lipinski definition) is 4. The fourth-order valence-corrected chi connectivity index (χ4v) is 2.45. The molecule has 1 aromatic heterocycles. The second-order valence-electron chi connectivity index (χ2n) is 5.50. The van der Waals surface area contributed by atoms with Crippen LogP contribution in [-0.2, 0) is 11.0 Å². The van der Waals surface area contributed by atoms with Crippen molar-refractivity contribution < 1.29 is 22.9 Å². The first-order valence-corrected chi connectivity index (χ1v) is 7.37. The average molecular weight is 369 g/mol. The Morgan fingerprint density at radius 2 is 1.85 bits per heavy atom. The minimum atomic E-state index is -4.68. The molecule has 7 nitrogen and oxygen atoms in total. The number of anilines is 1. The van der Waals surface area contributed by atoms with Crippen molar-refractivity contribution in [2.45, 2.75) is 26.1 Å². The van der Waals surface area contributed by atoms with Crippen LogP contribution >= 0.6 is 0 Å². The van der Waals surface area contributed by atoms with Gasteiger partial charge >= 0.3 is 17.4 Å². The molecule has 0 spiro atoms. The van der Waals surface area contributed by atoms with Crippen molar-refractivity contribution in [3.63, 3.8) is 0 Å². The van der Waals surface area contributed by atoms with Crippen LogP contribution in [0.1, 0.15) is 24.2 Å². The van der Waals surface area contributed by atoms with Crippen LogP contribution in [0.2, 0.25) is 0 Å². The van der Waals surface area contributed by atoms with Crippen LogP contribution in [0.4, 0.5) is 24.5 Å². The maximum absolute atomic E-state index is 13.0. The van der Waals surface area contributed by atoms with Gasteiger partial charge in [0.15, 0.2) is 0 Å². The Hall–Kier alpha value is -3.17. The zero-order valence-corrected chi connectivity index (χ0v) is 13.7. The van der Waals surface area contributed by atoms with Crippen LogP contribution in [0, 0.1) is 17.0 Å². The maximum Gasteiger partial charge on any atom is 0.418 e. The normalized spacial score (nSPS) is 12.5. The molecular weight excluding hydrogens is 355 g/mol. The van der Waals surface area contributed by atoms with Crippen molar-refractivity contribution in [2.75, 3.05) is 5.32 Å². The molecule has 1 amide bonds. The van der Waals surface area contributed by atoms with E-state index >= 15 is 0 Å². The van der Waals surface area contributed by atoms with Gasteiger partial charge in [-0.05, 0) is 32.0 Å². The molecule has 0 saturated heterocycles. The second-order valence-corrected chi connectivity index (χ2v) is 5.50. The predicted molar refractivity (Wildman–Crippen MR) is 86.9 cm³/mol. The fraction of sp³-hybridized carbons (Fsp3) is 0.250. The number of alkyl halides is 3. The minimum absolute atomic E-state index is 0.257. The number of hydrogen-bond donors (Lipinski definition) is 1. The number of aromatic nitrogens is 1. The number of nitro groups is 1. The van der Waals surface area contributed by atoms with E-state index in [-0.39, 0.29) is 5.69 Å².